The summed E-state index contributed by atoms with van der Waals surface area (Å²) in [6.45, 7) is 5.98. The van der Waals surface area contributed by atoms with Crippen LogP contribution < -0.4 is 4.72 Å². The highest BCUT2D eigenvalue weighted by Crippen LogP contribution is 2.24. The molecule has 6 heteroatoms. The molecule has 104 valence electrons. The Morgan fingerprint density at radius 1 is 1.35 bits per heavy atom. The number of alkyl halides is 1. The Balaban J connectivity index is 4.43. The highest BCUT2D eigenvalue weighted by molar-refractivity contribution is 7.89. The van der Waals surface area contributed by atoms with Crippen LogP contribution in [0.25, 0.3) is 0 Å². The van der Waals surface area contributed by atoms with E-state index >= 15 is 0 Å². The molecular weight excluding hydrogens is 262 g/mol. The van der Waals surface area contributed by atoms with Gasteiger partial charge in [0, 0.05) is 24.4 Å². The third-order valence-corrected chi connectivity index (χ3v) is 5.39. The highest BCUT2D eigenvalue weighted by Gasteiger charge is 2.27. The SMILES string of the molecule is CCC(CC)(CO)CNS(=O)(=O)CC(C)CCl. The summed E-state index contributed by atoms with van der Waals surface area (Å²) in [4.78, 5) is 0. The fourth-order valence-corrected chi connectivity index (χ4v) is 3.27. The Hall–Kier alpha value is 0.160. The molecule has 0 radical (unpaired) electrons. The summed E-state index contributed by atoms with van der Waals surface area (Å²) in [7, 11) is -3.30. The van der Waals surface area contributed by atoms with E-state index in [9.17, 15) is 13.5 Å². The van der Waals surface area contributed by atoms with Gasteiger partial charge < -0.3 is 5.11 Å². The largest absolute Gasteiger partial charge is 0.396 e. The van der Waals surface area contributed by atoms with Crippen molar-refractivity contribution in [2.45, 2.75) is 33.6 Å². The second-order valence-electron chi connectivity index (χ2n) is 4.73. The Morgan fingerprint density at radius 3 is 2.24 bits per heavy atom. The van der Waals surface area contributed by atoms with E-state index in [1.54, 1.807) is 6.92 Å². The monoisotopic (exact) mass is 285 g/mol. The van der Waals surface area contributed by atoms with E-state index in [2.05, 4.69) is 4.72 Å². The first kappa shape index (κ1) is 17.2. The van der Waals surface area contributed by atoms with E-state index in [0.717, 1.165) is 12.8 Å². The molecule has 0 aliphatic carbocycles. The predicted molar refractivity (Wildman–Crippen MR) is 71.8 cm³/mol. The molecule has 0 fully saturated rings. The van der Waals surface area contributed by atoms with Crippen molar-refractivity contribution in [2.75, 3.05) is 24.8 Å². The van der Waals surface area contributed by atoms with Crippen LogP contribution in [0.15, 0.2) is 0 Å². The number of nitrogens with one attached hydrogen (secondary N) is 1. The maximum atomic E-state index is 11.7. The van der Waals surface area contributed by atoms with Crippen molar-refractivity contribution in [1.29, 1.82) is 0 Å². The third-order valence-electron chi connectivity index (χ3n) is 3.27. The Bertz CT molecular complexity index is 294. The molecule has 0 spiro atoms. The molecule has 0 aliphatic heterocycles. The molecule has 0 heterocycles. The van der Waals surface area contributed by atoms with Gasteiger partial charge in [-0.2, -0.15) is 0 Å². The topological polar surface area (TPSA) is 66.4 Å². The summed E-state index contributed by atoms with van der Waals surface area (Å²) in [6, 6.07) is 0. The zero-order chi connectivity index (χ0) is 13.5. The average molecular weight is 286 g/mol. The van der Waals surface area contributed by atoms with E-state index in [0.29, 0.717) is 5.88 Å². The molecule has 0 saturated heterocycles. The van der Waals surface area contributed by atoms with Gasteiger partial charge in [0.2, 0.25) is 10.0 Å². The van der Waals surface area contributed by atoms with Gasteiger partial charge >= 0.3 is 0 Å². The molecule has 0 aromatic heterocycles. The van der Waals surface area contributed by atoms with E-state index in [4.69, 9.17) is 11.6 Å². The van der Waals surface area contributed by atoms with Gasteiger partial charge in [0.1, 0.15) is 0 Å². The van der Waals surface area contributed by atoms with Crippen LogP contribution in [0.4, 0.5) is 0 Å². The zero-order valence-corrected chi connectivity index (χ0v) is 12.4. The number of rotatable bonds is 9. The lowest BCUT2D eigenvalue weighted by Crippen LogP contribution is -2.41. The van der Waals surface area contributed by atoms with Gasteiger partial charge in [-0.25, -0.2) is 13.1 Å². The van der Waals surface area contributed by atoms with E-state index in [1.165, 1.54) is 0 Å². The van der Waals surface area contributed by atoms with Crippen LogP contribution in [-0.2, 0) is 10.0 Å². The van der Waals surface area contributed by atoms with Gasteiger partial charge in [-0.1, -0.05) is 20.8 Å². The summed E-state index contributed by atoms with van der Waals surface area (Å²) >= 11 is 5.60. The second-order valence-corrected chi connectivity index (χ2v) is 6.89. The van der Waals surface area contributed by atoms with Gasteiger partial charge in [0.25, 0.3) is 0 Å². The summed E-state index contributed by atoms with van der Waals surface area (Å²) in [5.41, 5.74) is -0.350. The van der Waals surface area contributed by atoms with Crippen molar-refractivity contribution >= 4 is 21.6 Å². The van der Waals surface area contributed by atoms with Crippen LogP contribution >= 0.6 is 11.6 Å². The van der Waals surface area contributed by atoms with Crippen LogP contribution in [0, 0.1) is 11.3 Å². The number of halogens is 1. The van der Waals surface area contributed by atoms with Crippen LogP contribution in [0.2, 0.25) is 0 Å². The first-order chi connectivity index (χ1) is 7.84. The molecule has 0 aromatic carbocycles. The smallest absolute Gasteiger partial charge is 0.211 e. The number of aliphatic hydroxyl groups is 1. The van der Waals surface area contributed by atoms with Gasteiger partial charge in [0.15, 0.2) is 0 Å². The number of sulfonamides is 1. The number of aliphatic hydroxyl groups excluding tert-OH is 1. The lowest BCUT2D eigenvalue weighted by Gasteiger charge is -2.29. The molecule has 17 heavy (non-hydrogen) atoms. The number of hydrogen-bond donors (Lipinski definition) is 2. The summed E-state index contributed by atoms with van der Waals surface area (Å²) in [5, 5.41) is 9.35. The van der Waals surface area contributed by atoms with Crippen molar-refractivity contribution in [3.63, 3.8) is 0 Å². The zero-order valence-electron chi connectivity index (χ0n) is 10.9. The van der Waals surface area contributed by atoms with E-state index < -0.39 is 10.0 Å². The quantitative estimate of drug-likeness (QED) is 0.632. The minimum Gasteiger partial charge on any atom is -0.396 e. The summed E-state index contributed by atoms with van der Waals surface area (Å²) < 4.78 is 26.1. The lowest BCUT2D eigenvalue weighted by atomic mass is 9.84. The normalized spacial score (nSPS) is 14.9. The molecule has 0 aromatic rings. The molecule has 1 unspecified atom stereocenters. The van der Waals surface area contributed by atoms with Crippen molar-refractivity contribution in [3.05, 3.63) is 0 Å². The lowest BCUT2D eigenvalue weighted by molar-refractivity contribution is 0.119. The van der Waals surface area contributed by atoms with Crippen molar-refractivity contribution < 1.29 is 13.5 Å². The molecule has 1 atom stereocenters. The van der Waals surface area contributed by atoms with Gasteiger partial charge in [0.05, 0.1) is 5.75 Å². The van der Waals surface area contributed by atoms with Crippen molar-refractivity contribution in [2.24, 2.45) is 11.3 Å². The molecule has 2 N–H and O–H groups in total. The number of hydrogen-bond acceptors (Lipinski definition) is 3. The maximum Gasteiger partial charge on any atom is 0.211 e. The van der Waals surface area contributed by atoms with Crippen LogP contribution in [-0.4, -0.2) is 38.3 Å². The minimum absolute atomic E-state index is 0.00637. The van der Waals surface area contributed by atoms with Crippen LogP contribution in [0.1, 0.15) is 33.6 Å². The predicted octanol–water partition coefficient (Wildman–Crippen LogP) is 1.58. The minimum atomic E-state index is -3.30. The van der Waals surface area contributed by atoms with Crippen LogP contribution in [0.5, 0.6) is 0 Å². The fourth-order valence-electron chi connectivity index (χ4n) is 1.52. The molecule has 0 amide bonds. The Morgan fingerprint density at radius 2 is 1.88 bits per heavy atom. The molecule has 0 aliphatic rings. The van der Waals surface area contributed by atoms with Crippen LogP contribution in [0.3, 0.4) is 0 Å². The molecular formula is C11H24ClNO3S. The van der Waals surface area contributed by atoms with E-state index in [-0.39, 0.29) is 30.2 Å². The standard InChI is InChI=1S/C11H24ClNO3S/c1-4-11(5-2,9-14)8-13-17(15,16)7-10(3)6-12/h10,13-14H,4-9H2,1-3H3. The fraction of sp³-hybridized carbons (Fsp3) is 1.00. The Labute approximate surface area is 110 Å². The van der Waals surface area contributed by atoms with Crippen molar-refractivity contribution in [3.8, 4) is 0 Å². The van der Waals surface area contributed by atoms with Gasteiger partial charge in [-0.3, -0.25) is 0 Å². The molecule has 0 bridgehead atoms. The first-order valence-corrected chi connectivity index (χ1v) is 8.17. The maximum absolute atomic E-state index is 11.7. The summed E-state index contributed by atoms with van der Waals surface area (Å²) in [5.74, 6) is 0.292. The molecule has 0 saturated carbocycles. The summed E-state index contributed by atoms with van der Waals surface area (Å²) in [6.07, 6.45) is 1.49. The van der Waals surface area contributed by atoms with Gasteiger partial charge in [-0.05, 0) is 18.8 Å². The third kappa shape index (κ3) is 6.04. The molecule has 4 nitrogen and oxygen atoms in total. The highest BCUT2D eigenvalue weighted by atomic mass is 35.5. The van der Waals surface area contributed by atoms with Crippen molar-refractivity contribution in [1.82, 2.24) is 4.72 Å². The van der Waals surface area contributed by atoms with Gasteiger partial charge in [-0.15, -0.1) is 11.6 Å². The average Bonchev–Trinajstić information content (AvgIpc) is 2.31. The first-order valence-electron chi connectivity index (χ1n) is 5.99. The Kier molecular flexibility index (Phi) is 7.63. The second kappa shape index (κ2) is 7.56. The molecule has 0 rings (SSSR count). The van der Waals surface area contributed by atoms with E-state index in [1.807, 2.05) is 13.8 Å².